The molecule has 0 aromatic heterocycles. The van der Waals surface area contributed by atoms with E-state index in [0.717, 1.165) is 17.7 Å². The molecule has 0 aliphatic rings. The van der Waals surface area contributed by atoms with Gasteiger partial charge in [-0.05, 0) is 44.4 Å². The minimum Gasteiger partial charge on any atom is -0.200 e. The van der Waals surface area contributed by atoms with E-state index in [1.165, 1.54) is 5.56 Å². The molecule has 4 nitrogen and oxygen atoms in total. The van der Waals surface area contributed by atoms with Crippen LogP contribution in [0.15, 0.2) is 64.6 Å². The van der Waals surface area contributed by atoms with Crippen molar-refractivity contribution in [3.63, 3.8) is 0 Å². The lowest BCUT2D eigenvalue weighted by molar-refractivity contribution is 0.584. The van der Waals surface area contributed by atoms with Gasteiger partial charge in [0.1, 0.15) is 0 Å². The molecule has 0 radical (unpaired) electrons. The normalized spacial score (nSPS) is 12.2. The van der Waals surface area contributed by atoms with Crippen molar-refractivity contribution in [2.24, 2.45) is 5.10 Å². The van der Waals surface area contributed by atoms with Crippen LogP contribution in [-0.2, 0) is 16.4 Å². The second kappa shape index (κ2) is 7.22. The molecular weight excluding hydrogens is 296 g/mol. The van der Waals surface area contributed by atoms with Gasteiger partial charge in [-0.1, -0.05) is 48.0 Å². The molecule has 0 fully saturated rings. The van der Waals surface area contributed by atoms with Crippen LogP contribution < -0.4 is 4.83 Å². The summed E-state index contributed by atoms with van der Waals surface area (Å²) in [7, 11) is -3.59. The smallest absolute Gasteiger partial charge is 0.200 e. The van der Waals surface area contributed by atoms with E-state index in [1.54, 1.807) is 24.3 Å². The Labute approximate surface area is 131 Å². The monoisotopic (exact) mass is 316 g/mol. The third kappa shape index (κ3) is 4.70. The third-order valence-corrected chi connectivity index (χ3v) is 4.53. The van der Waals surface area contributed by atoms with Crippen molar-refractivity contribution in [1.29, 1.82) is 0 Å². The van der Waals surface area contributed by atoms with E-state index in [1.807, 2.05) is 44.2 Å². The number of nitrogens with zero attached hydrogens (tertiary/aromatic N) is 1. The van der Waals surface area contributed by atoms with Crippen molar-refractivity contribution in [2.45, 2.75) is 31.6 Å². The van der Waals surface area contributed by atoms with Gasteiger partial charge in [-0.15, -0.1) is 0 Å². The van der Waals surface area contributed by atoms with E-state index in [2.05, 4.69) is 9.93 Å². The molecule has 0 heterocycles. The summed E-state index contributed by atoms with van der Waals surface area (Å²) in [5.41, 5.74) is 2.97. The van der Waals surface area contributed by atoms with Gasteiger partial charge in [0, 0.05) is 5.71 Å². The largest absolute Gasteiger partial charge is 0.276 e. The molecule has 0 spiro atoms. The Morgan fingerprint density at radius 3 is 2.32 bits per heavy atom. The average molecular weight is 316 g/mol. The van der Waals surface area contributed by atoms with Gasteiger partial charge in [0.15, 0.2) is 0 Å². The average Bonchev–Trinajstić information content (AvgIpc) is 2.52. The maximum atomic E-state index is 12.1. The lowest BCUT2D eigenvalue weighted by Gasteiger charge is -2.06. The predicted octanol–water partition coefficient (Wildman–Crippen LogP) is 3.28. The Bertz CT molecular complexity index is 736. The molecule has 0 amide bonds. The van der Waals surface area contributed by atoms with Crippen LogP contribution in [0.25, 0.3) is 0 Å². The number of hydrogen-bond donors (Lipinski definition) is 1. The summed E-state index contributed by atoms with van der Waals surface area (Å²) in [5, 5.41) is 3.99. The van der Waals surface area contributed by atoms with E-state index < -0.39 is 10.0 Å². The minimum atomic E-state index is -3.59. The van der Waals surface area contributed by atoms with E-state index in [4.69, 9.17) is 0 Å². The highest BCUT2D eigenvalue weighted by Crippen LogP contribution is 2.10. The van der Waals surface area contributed by atoms with Gasteiger partial charge in [0.25, 0.3) is 10.0 Å². The highest BCUT2D eigenvalue weighted by atomic mass is 32.2. The minimum absolute atomic E-state index is 0.220. The second-order valence-corrected chi connectivity index (χ2v) is 6.90. The zero-order chi connectivity index (χ0) is 16.0. The molecule has 1 N–H and O–H groups in total. The van der Waals surface area contributed by atoms with Crippen LogP contribution in [0.5, 0.6) is 0 Å². The molecule has 0 saturated carbocycles. The van der Waals surface area contributed by atoms with Gasteiger partial charge in [-0.2, -0.15) is 13.5 Å². The van der Waals surface area contributed by atoms with Gasteiger partial charge in [0.2, 0.25) is 0 Å². The van der Waals surface area contributed by atoms with E-state index in [-0.39, 0.29) is 4.90 Å². The summed E-state index contributed by atoms with van der Waals surface area (Å²) in [5.74, 6) is 0. The lowest BCUT2D eigenvalue weighted by Crippen LogP contribution is -2.19. The predicted molar refractivity (Wildman–Crippen MR) is 89.4 cm³/mol. The standard InChI is InChI=1S/C17H20N2O2S/c1-14-8-12-17(13-9-14)22(20,21)19-18-15(2)10-11-16-6-4-3-5-7-16/h3-9,12-13,19H,10-11H2,1-2H3. The van der Waals surface area contributed by atoms with Gasteiger partial charge < -0.3 is 0 Å². The van der Waals surface area contributed by atoms with Crippen molar-refractivity contribution in [3.8, 4) is 0 Å². The zero-order valence-corrected chi connectivity index (χ0v) is 13.6. The number of sulfonamides is 1. The Morgan fingerprint density at radius 2 is 1.68 bits per heavy atom. The van der Waals surface area contributed by atoms with E-state index in [9.17, 15) is 8.42 Å². The van der Waals surface area contributed by atoms with Crippen LogP contribution in [0, 0.1) is 6.92 Å². The fourth-order valence-electron chi connectivity index (χ4n) is 1.93. The second-order valence-electron chi connectivity index (χ2n) is 5.24. The van der Waals surface area contributed by atoms with E-state index >= 15 is 0 Å². The van der Waals surface area contributed by atoms with Crippen molar-refractivity contribution < 1.29 is 8.42 Å². The van der Waals surface area contributed by atoms with Gasteiger partial charge in [-0.25, -0.2) is 4.83 Å². The highest BCUT2D eigenvalue weighted by Gasteiger charge is 2.12. The molecule has 116 valence electrons. The van der Waals surface area contributed by atoms with Gasteiger partial charge >= 0.3 is 0 Å². The van der Waals surface area contributed by atoms with Crippen LogP contribution in [0.2, 0.25) is 0 Å². The summed E-state index contributed by atoms with van der Waals surface area (Å²) in [4.78, 5) is 2.51. The maximum Gasteiger partial charge on any atom is 0.276 e. The van der Waals surface area contributed by atoms with Crippen molar-refractivity contribution in [1.82, 2.24) is 4.83 Å². The first-order chi connectivity index (χ1) is 10.5. The highest BCUT2D eigenvalue weighted by molar-refractivity contribution is 7.89. The summed E-state index contributed by atoms with van der Waals surface area (Å²) in [6, 6.07) is 16.7. The number of benzene rings is 2. The summed E-state index contributed by atoms with van der Waals surface area (Å²) >= 11 is 0. The number of nitrogens with one attached hydrogen (secondary N) is 1. The summed E-state index contributed by atoms with van der Waals surface area (Å²) in [6.45, 7) is 3.73. The van der Waals surface area contributed by atoms with Gasteiger partial charge in [0.05, 0.1) is 4.90 Å². The topological polar surface area (TPSA) is 58.5 Å². The molecule has 2 aromatic carbocycles. The first-order valence-corrected chi connectivity index (χ1v) is 8.61. The first-order valence-electron chi connectivity index (χ1n) is 7.13. The third-order valence-electron chi connectivity index (χ3n) is 3.31. The quantitative estimate of drug-likeness (QED) is 0.657. The Hall–Kier alpha value is -2.14. The number of hydrazone groups is 1. The summed E-state index contributed by atoms with van der Waals surface area (Å²) < 4.78 is 24.2. The Balaban J connectivity index is 1.96. The van der Waals surface area contributed by atoms with Crippen molar-refractivity contribution >= 4 is 15.7 Å². The van der Waals surface area contributed by atoms with Crippen molar-refractivity contribution in [3.05, 3.63) is 65.7 Å². The zero-order valence-electron chi connectivity index (χ0n) is 12.8. The van der Waals surface area contributed by atoms with Crippen LogP contribution in [-0.4, -0.2) is 14.1 Å². The lowest BCUT2D eigenvalue weighted by atomic mass is 10.1. The number of hydrogen-bond acceptors (Lipinski definition) is 3. The SMILES string of the molecule is CC(CCc1ccccc1)=NNS(=O)(=O)c1ccc(C)cc1. The van der Waals surface area contributed by atoms with Crippen molar-refractivity contribution in [2.75, 3.05) is 0 Å². The molecule has 2 rings (SSSR count). The number of aryl methyl sites for hydroxylation is 2. The fourth-order valence-corrected chi connectivity index (χ4v) is 2.81. The van der Waals surface area contributed by atoms with Crippen LogP contribution in [0.4, 0.5) is 0 Å². The molecule has 0 unspecified atom stereocenters. The van der Waals surface area contributed by atoms with Gasteiger partial charge in [-0.3, -0.25) is 0 Å². The molecule has 2 aromatic rings. The maximum absolute atomic E-state index is 12.1. The Kier molecular flexibility index (Phi) is 5.33. The van der Waals surface area contributed by atoms with Crippen LogP contribution >= 0.6 is 0 Å². The molecule has 0 saturated heterocycles. The number of rotatable bonds is 6. The molecule has 0 bridgehead atoms. The fraction of sp³-hybridized carbons (Fsp3) is 0.235. The molecule has 22 heavy (non-hydrogen) atoms. The molecular formula is C17H20N2O2S. The molecule has 5 heteroatoms. The summed E-state index contributed by atoms with van der Waals surface area (Å²) in [6.07, 6.45) is 1.54. The van der Waals surface area contributed by atoms with Crippen LogP contribution in [0.1, 0.15) is 24.5 Å². The Morgan fingerprint density at radius 1 is 1.05 bits per heavy atom. The van der Waals surface area contributed by atoms with Crippen LogP contribution in [0.3, 0.4) is 0 Å². The van der Waals surface area contributed by atoms with E-state index in [0.29, 0.717) is 6.42 Å². The molecule has 0 atom stereocenters. The molecule has 0 aliphatic heterocycles. The molecule has 0 aliphatic carbocycles. The first kappa shape index (κ1) is 16.2.